The number of carbonyl (C=O) groups is 2. The smallest absolute Gasteiger partial charge is 0.231 e. The monoisotopic (exact) mass is 351 g/mol. The van der Waals surface area contributed by atoms with Gasteiger partial charge in [0.15, 0.2) is 16.8 Å². The fraction of sp³-hybridized carbons (Fsp3) is 0.312. The Kier molecular flexibility index (Phi) is 4.57. The molecule has 1 N–H and O–H groups in total. The second-order valence-electron chi connectivity index (χ2n) is 5.49. The van der Waals surface area contributed by atoms with E-state index in [4.69, 9.17) is 0 Å². The number of hydrogen-bond acceptors (Lipinski definition) is 4. The SMILES string of the molecule is CCN1CC(C(=O)Nc2nc(-c3ccc(F)c(F)c3)cs2)CC1=O. The molecule has 24 heavy (non-hydrogen) atoms. The molecular formula is C16H15F2N3O2S. The highest BCUT2D eigenvalue weighted by Crippen LogP contribution is 2.27. The second kappa shape index (κ2) is 6.64. The Labute approximate surface area is 141 Å². The number of amides is 2. The Morgan fingerprint density at radius 2 is 2.21 bits per heavy atom. The second-order valence-corrected chi connectivity index (χ2v) is 6.35. The summed E-state index contributed by atoms with van der Waals surface area (Å²) in [7, 11) is 0. The van der Waals surface area contributed by atoms with E-state index in [0.717, 1.165) is 12.1 Å². The van der Waals surface area contributed by atoms with Crippen molar-refractivity contribution >= 4 is 28.3 Å². The molecule has 2 heterocycles. The van der Waals surface area contributed by atoms with Crippen LogP contribution in [0.4, 0.5) is 13.9 Å². The molecule has 2 amide bonds. The van der Waals surface area contributed by atoms with Gasteiger partial charge in [0.25, 0.3) is 0 Å². The molecule has 3 rings (SSSR count). The molecule has 0 aliphatic carbocycles. The van der Waals surface area contributed by atoms with E-state index in [1.807, 2.05) is 6.92 Å². The number of benzene rings is 1. The summed E-state index contributed by atoms with van der Waals surface area (Å²) in [4.78, 5) is 29.8. The molecule has 2 aromatic rings. The first kappa shape index (κ1) is 16.5. The van der Waals surface area contributed by atoms with E-state index in [2.05, 4.69) is 10.3 Å². The van der Waals surface area contributed by atoms with Crippen molar-refractivity contribution in [2.75, 3.05) is 18.4 Å². The molecule has 8 heteroatoms. The van der Waals surface area contributed by atoms with Crippen LogP contribution in [0.25, 0.3) is 11.3 Å². The van der Waals surface area contributed by atoms with Gasteiger partial charge in [-0.3, -0.25) is 9.59 Å². The number of nitrogens with one attached hydrogen (secondary N) is 1. The van der Waals surface area contributed by atoms with Crippen LogP contribution in [0.1, 0.15) is 13.3 Å². The minimum Gasteiger partial charge on any atom is -0.342 e. The van der Waals surface area contributed by atoms with Gasteiger partial charge in [-0.05, 0) is 25.1 Å². The Hall–Kier alpha value is -2.35. The number of halogens is 2. The zero-order chi connectivity index (χ0) is 17.3. The number of carbonyl (C=O) groups excluding carboxylic acids is 2. The van der Waals surface area contributed by atoms with Crippen molar-refractivity contribution < 1.29 is 18.4 Å². The quantitative estimate of drug-likeness (QED) is 0.921. The predicted octanol–water partition coefficient (Wildman–Crippen LogP) is 2.90. The fourth-order valence-corrected chi connectivity index (χ4v) is 3.30. The van der Waals surface area contributed by atoms with E-state index in [1.165, 1.54) is 17.4 Å². The van der Waals surface area contributed by atoms with Crippen LogP contribution < -0.4 is 5.32 Å². The summed E-state index contributed by atoms with van der Waals surface area (Å²) < 4.78 is 26.3. The number of aromatic nitrogens is 1. The van der Waals surface area contributed by atoms with E-state index < -0.39 is 17.6 Å². The number of hydrogen-bond donors (Lipinski definition) is 1. The van der Waals surface area contributed by atoms with Gasteiger partial charge in [0.1, 0.15) is 0 Å². The average molecular weight is 351 g/mol. The molecule has 0 bridgehead atoms. The number of nitrogens with zero attached hydrogens (tertiary/aromatic N) is 2. The summed E-state index contributed by atoms with van der Waals surface area (Å²) in [6.07, 6.45) is 0.196. The molecule has 1 aliphatic rings. The van der Waals surface area contributed by atoms with Crippen molar-refractivity contribution in [2.45, 2.75) is 13.3 Å². The van der Waals surface area contributed by atoms with Crippen LogP contribution in [-0.2, 0) is 9.59 Å². The van der Waals surface area contributed by atoms with Gasteiger partial charge >= 0.3 is 0 Å². The van der Waals surface area contributed by atoms with Crippen molar-refractivity contribution in [3.63, 3.8) is 0 Å². The molecule has 1 saturated heterocycles. The molecule has 0 saturated carbocycles. The number of likely N-dealkylation sites (tertiary alicyclic amines) is 1. The zero-order valence-electron chi connectivity index (χ0n) is 12.9. The highest BCUT2D eigenvalue weighted by molar-refractivity contribution is 7.14. The summed E-state index contributed by atoms with van der Waals surface area (Å²) in [5.41, 5.74) is 0.880. The lowest BCUT2D eigenvalue weighted by molar-refractivity contribution is -0.128. The third-order valence-corrected chi connectivity index (χ3v) is 4.67. The summed E-state index contributed by atoms with van der Waals surface area (Å²) in [6, 6.07) is 3.52. The molecule has 1 aliphatic heterocycles. The summed E-state index contributed by atoms with van der Waals surface area (Å²) in [5.74, 6) is -2.55. The van der Waals surface area contributed by atoms with Gasteiger partial charge in [0.2, 0.25) is 11.8 Å². The maximum Gasteiger partial charge on any atom is 0.231 e. The van der Waals surface area contributed by atoms with Crippen molar-refractivity contribution in [2.24, 2.45) is 5.92 Å². The van der Waals surface area contributed by atoms with Crippen molar-refractivity contribution in [1.29, 1.82) is 0 Å². The maximum absolute atomic E-state index is 13.3. The van der Waals surface area contributed by atoms with Gasteiger partial charge in [-0.2, -0.15) is 0 Å². The van der Waals surface area contributed by atoms with Crippen molar-refractivity contribution in [3.05, 3.63) is 35.2 Å². The zero-order valence-corrected chi connectivity index (χ0v) is 13.7. The highest BCUT2D eigenvalue weighted by Gasteiger charge is 2.33. The first-order valence-corrected chi connectivity index (χ1v) is 8.35. The third-order valence-electron chi connectivity index (χ3n) is 3.92. The predicted molar refractivity (Wildman–Crippen MR) is 86.5 cm³/mol. The standard InChI is InChI=1S/C16H15F2N3O2S/c1-2-21-7-10(6-14(21)22)15(23)20-16-19-13(8-24-16)9-3-4-11(17)12(18)5-9/h3-5,8,10H,2,6-7H2,1H3,(H,19,20,23). The van der Waals surface area contributed by atoms with E-state index in [-0.39, 0.29) is 18.2 Å². The van der Waals surface area contributed by atoms with E-state index >= 15 is 0 Å². The van der Waals surface area contributed by atoms with Gasteiger partial charge in [-0.1, -0.05) is 0 Å². The lowest BCUT2D eigenvalue weighted by atomic mass is 10.1. The molecule has 1 aromatic heterocycles. The molecule has 0 spiro atoms. The first-order valence-electron chi connectivity index (χ1n) is 7.47. The summed E-state index contributed by atoms with van der Waals surface area (Å²) in [5, 5.41) is 4.70. The van der Waals surface area contributed by atoms with E-state index in [0.29, 0.717) is 29.5 Å². The molecule has 0 radical (unpaired) electrons. The fourth-order valence-electron chi connectivity index (χ4n) is 2.58. The van der Waals surface area contributed by atoms with Gasteiger partial charge < -0.3 is 10.2 Å². The molecule has 126 valence electrons. The van der Waals surface area contributed by atoms with E-state index in [9.17, 15) is 18.4 Å². The lowest BCUT2D eigenvalue weighted by Crippen LogP contribution is -2.28. The minimum absolute atomic E-state index is 0.0285. The van der Waals surface area contributed by atoms with E-state index in [1.54, 1.807) is 10.3 Å². The Morgan fingerprint density at radius 1 is 1.42 bits per heavy atom. The first-order chi connectivity index (χ1) is 11.5. The molecule has 1 fully saturated rings. The number of thiazole rings is 1. The van der Waals surface area contributed by atoms with Crippen LogP contribution in [0, 0.1) is 17.6 Å². The molecule has 5 nitrogen and oxygen atoms in total. The molecule has 1 aromatic carbocycles. The van der Waals surface area contributed by atoms with Crippen molar-refractivity contribution in [3.8, 4) is 11.3 Å². The van der Waals surface area contributed by atoms with Crippen LogP contribution in [0.15, 0.2) is 23.6 Å². The molecule has 1 atom stereocenters. The Morgan fingerprint density at radius 3 is 2.88 bits per heavy atom. The largest absolute Gasteiger partial charge is 0.342 e. The molecular weight excluding hydrogens is 336 g/mol. The number of rotatable bonds is 4. The number of anilines is 1. The Bertz CT molecular complexity index is 793. The normalized spacial score (nSPS) is 17.4. The maximum atomic E-state index is 13.3. The lowest BCUT2D eigenvalue weighted by Gasteiger charge is -2.12. The van der Waals surface area contributed by atoms with Crippen LogP contribution in [0.2, 0.25) is 0 Å². The van der Waals surface area contributed by atoms with Crippen LogP contribution in [-0.4, -0.2) is 34.8 Å². The minimum atomic E-state index is -0.949. The topological polar surface area (TPSA) is 62.3 Å². The van der Waals surface area contributed by atoms with Gasteiger partial charge in [-0.25, -0.2) is 13.8 Å². The van der Waals surface area contributed by atoms with Crippen LogP contribution in [0.3, 0.4) is 0 Å². The van der Waals surface area contributed by atoms with Crippen LogP contribution in [0.5, 0.6) is 0 Å². The summed E-state index contributed by atoms with van der Waals surface area (Å²) >= 11 is 1.19. The van der Waals surface area contributed by atoms with Gasteiger partial charge in [-0.15, -0.1) is 11.3 Å². The Balaban J connectivity index is 1.69. The van der Waals surface area contributed by atoms with Crippen molar-refractivity contribution in [1.82, 2.24) is 9.88 Å². The summed E-state index contributed by atoms with van der Waals surface area (Å²) in [6.45, 7) is 2.86. The molecule has 1 unspecified atom stereocenters. The highest BCUT2D eigenvalue weighted by atomic mass is 32.1. The van der Waals surface area contributed by atoms with Gasteiger partial charge in [0, 0.05) is 30.5 Å². The van der Waals surface area contributed by atoms with Crippen LogP contribution >= 0.6 is 11.3 Å². The third kappa shape index (κ3) is 3.28. The van der Waals surface area contributed by atoms with Gasteiger partial charge in [0.05, 0.1) is 11.6 Å². The average Bonchev–Trinajstić information content (AvgIpc) is 3.16.